The van der Waals surface area contributed by atoms with Crippen molar-refractivity contribution in [2.75, 3.05) is 13.1 Å². The van der Waals surface area contributed by atoms with E-state index in [4.69, 9.17) is 11.6 Å². The van der Waals surface area contributed by atoms with Crippen LogP contribution in [0.1, 0.15) is 19.4 Å². The maximum absolute atomic E-state index is 11.9. The molecule has 2 atom stereocenters. The van der Waals surface area contributed by atoms with Crippen LogP contribution in [0.4, 0.5) is 13.2 Å². The maximum atomic E-state index is 11.9. The summed E-state index contributed by atoms with van der Waals surface area (Å²) < 4.78 is 35.7. The second-order valence-corrected chi connectivity index (χ2v) is 5.55. The van der Waals surface area contributed by atoms with Crippen LogP contribution in [0.3, 0.4) is 0 Å². The highest BCUT2D eigenvalue weighted by atomic mass is 35.5. The molecule has 1 aliphatic rings. The molecule has 6 heteroatoms. The van der Waals surface area contributed by atoms with Crippen molar-refractivity contribution in [1.82, 2.24) is 5.32 Å². The number of aliphatic hydroxyl groups is 1. The molecule has 1 fully saturated rings. The Hall–Kier alpha value is -0.780. The summed E-state index contributed by atoms with van der Waals surface area (Å²) in [5.41, 5.74) is -0.718. The molecule has 114 valence electrons. The highest BCUT2D eigenvalue weighted by Crippen LogP contribution is 2.30. The van der Waals surface area contributed by atoms with Gasteiger partial charge in [0.05, 0.1) is 11.7 Å². The number of piperidine rings is 1. The molecule has 2 rings (SSSR count). The molecule has 0 bridgehead atoms. The molecule has 2 nitrogen and oxygen atoms in total. The Labute approximate surface area is 121 Å². The molecule has 0 amide bonds. The largest absolute Gasteiger partial charge is 0.416 e. The molecule has 1 aliphatic heterocycles. The van der Waals surface area contributed by atoms with E-state index in [1.165, 1.54) is 12.1 Å². The van der Waals surface area contributed by atoms with Crippen LogP contribution in [0, 0.1) is 11.8 Å². The van der Waals surface area contributed by atoms with Gasteiger partial charge in [-0.1, -0.05) is 31.5 Å². The van der Waals surface area contributed by atoms with Gasteiger partial charge in [-0.25, -0.2) is 0 Å². The summed E-state index contributed by atoms with van der Waals surface area (Å²) >= 11 is 5.35. The Balaban J connectivity index is 0.000000204. The van der Waals surface area contributed by atoms with E-state index in [0.29, 0.717) is 11.8 Å². The van der Waals surface area contributed by atoms with Crippen molar-refractivity contribution in [1.29, 1.82) is 0 Å². The number of aliphatic hydroxyl groups excluding tert-OH is 1. The van der Waals surface area contributed by atoms with Crippen molar-refractivity contribution in [3.8, 4) is 0 Å². The van der Waals surface area contributed by atoms with E-state index >= 15 is 0 Å². The minimum atomic E-state index is -4.30. The van der Waals surface area contributed by atoms with Gasteiger partial charge in [-0.05, 0) is 30.0 Å². The van der Waals surface area contributed by atoms with Crippen LogP contribution in [0.15, 0.2) is 24.3 Å². The van der Waals surface area contributed by atoms with Gasteiger partial charge in [-0.2, -0.15) is 13.2 Å². The number of nitrogens with one attached hydrogen (secondary N) is 1. The number of rotatable bonds is 0. The number of alkyl halides is 3. The van der Waals surface area contributed by atoms with E-state index in [0.717, 1.165) is 25.2 Å². The molecule has 20 heavy (non-hydrogen) atoms. The van der Waals surface area contributed by atoms with Gasteiger partial charge in [0.15, 0.2) is 0 Å². The SMILES string of the molecule is CC1CNCC(C)C1O.FC(F)(F)c1cccc(Cl)c1. The first-order valence-corrected chi connectivity index (χ1v) is 6.81. The first-order chi connectivity index (χ1) is 9.21. The van der Waals surface area contributed by atoms with Gasteiger partial charge in [-0.15, -0.1) is 0 Å². The predicted molar refractivity (Wildman–Crippen MR) is 73.7 cm³/mol. The standard InChI is InChI=1S/C7H4ClF3.C7H15NO/c8-6-3-1-2-5(4-6)7(9,10)11;1-5-3-8-4-6(2)7(5)9/h1-4H;5-9H,3-4H2,1-2H3. The molecule has 1 aromatic rings. The minimum Gasteiger partial charge on any atom is -0.392 e. The molecule has 0 saturated carbocycles. The molecule has 1 heterocycles. The van der Waals surface area contributed by atoms with Crippen molar-refractivity contribution in [2.45, 2.75) is 26.1 Å². The van der Waals surface area contributed by atoms with Crippen LogP contribution in [-0.2, 0) is 6.18 Å². The Kier molecular flexibility index (Phi) is 6.30. The third-order valence-electron chi connectivity index (χ3n) is 3.25. The maximum Gasteiger partial charge on any atom is 0.416 e. The van der Waals surface area contributed by atoms with Gasteiger partial charge in [0.2, 0.25) is 0 Å². The summed E-state index contributed by atoms with van der Waals surface area (Å²) in [7, 11) is 0. The fourth-order valence-electron chi connectivity index (χ4n) is 2.01. The van der Waals surface area contributed by atoms with Gasteiger partial charge in [0.1, 0.15) is 0 Å². The molecule has 2 unspecified atom stereocenters. The first-order valence-electron chi connectivity index (χ1n) is 6.43. The van der Waals surface area contributed by atoms with Gasteiger partial charge in [0.25, 0.3) is 0 Å². The topological polar surface area (TPSA) is 32.3 Å². The lowest BCUT2D eigenvalue weighted by molar-refractivity contribution is -0.137. The Morgan fingerprint density at radius 1 is 1.20 bits per heavy atom. The second-order valence-electron chi connectivity index (χ2n) is 5.11. The first kappa shape index (κ1) is 17.3. The lowest BCUT2D eigenvalue weighted by Crippen LogP contribution is -2.44. The molecular weight excluding hydrogens is 291 g/mol. The average molecular weight is 310 g/mol. The van der Waals surface area contributed by atoms with Gasteiger partial charge >= 0.3 is 6.18 Å². The van der Waals surface area contributed by atoms with Gasteiger partial charge < -0.3 is 10.4 Å². The normalized spacial score (nSPS) is 26.6. The van der Waals surface area contributed by atoms with Crippen molar-refractivity contribution in [3.63, 3.8) is 0 Å². The van der Waals surface area contributed by atoms with E-state index < -0.39 is 11.7 Å². The van der Waals surface area contributed by atoms with E-state index in [9.17, 15) is 18.3 Å². The number of halogens is 4. The second kappa shape index (κ2) is 7.29. The van der Waals surface area contributed by atoms with E-state index in [2.05, 4.69) is 19.2 Å². The summed E-state index contributed by atoms with van der Waals surface area (Å²) in [6.07, 6.45) is -4.39. The predicted octanol–water partition coefficient (Wildman–Crippen LogP) is 3.58. The zero-order valence-electron chi connectivity index (χ0n) is 11.4. The van der Waals surface area contributed by atoms with E-state index in [1.807, 2.05) is 0 Å². The summed E-state index contributed by atoms with van der Waals surface area (Å²) in [6.45, 7) is 6.08. The van der Waals surface area contributed by atoms with Crippen LogP contribution < -0.4 is 5.32 Å². The van der Waals surface area contributed by atoms with E-state index in [1.54, 1.807) is 0 Å². The Morgan fingerprint density at radius 3 is 2.10 bits per heavy atom. The molecule has 2 N–H and O–H groups in total. The number of benzene rings is 1. The van der Waals surface area contributed by atoms with Crippen LogP contribution in [0.2, 0.25) is 5.02 Å². The average Bonchev–Trinajstić information content (AvgIpc) is 2.36. The van der Waals surface area contributed by atoms with Crippen molar-refractivity contribution in [2.24, 2.45) is 11.8 Å². The quantitative estimate of drug-likeness (QED) is 0.768. The molecule has 1 saturated heterocycles. The molecule has 0 spiro atoms. The highest BCUT2D eigenvalue weighted by Gasteiger charge is 2.30. The molecule has 0 aliphatic carbocycles. The lowest BCUT2D eigenvalue weighted by atomic mass is 9.90. The summed E-state index contributed by atoms with van der Waals surface area (Å²) in [5.74, 6) is 0.850. The summed E-state index contributed by atoms with van der Waals surface area (Å²) in [4.78, 5) is 0. The zero-order chi connectivity index (χ0) is 15.3. The molecule has 0 radical (unpaired) electrons. The van der Waals surface area contributed by atoms with Gasteiger partial charge in [0, 0.05) is 18.1 Å². The highest BCUT2D eigenvalue weighted by molar-refractivity contribution is 6.30. The third kappa shape index (κ3) is 5.31. The van der Waals surface area contributed by atoms with Crippen LogP contribution >= 0.6 is 11.6 Å². The summed E-state index contributed by atoms with van der Waals surface area (Å²) in [5, 5.41) is 12.8. The smallest absolute Gasteiger partial charge is 0.392 e. The fourth-order valence-corrected chi connectivity index (χ4v) is 2.20. The van der Waals surface area contributed by atoms with Crippen LogP contribution in [0.5, 0.6) is 0 Å². The number of hydrogen-bond donors (Lipinski definition) is 2. The van der Waals surface area contributed by atoms with Crippen molar-refractivity contribution in [3.05, 3.63) is 34.9 Å². The fraction of sp³-hybridized carbons (Fsp3) is 0.571. The molecule has 0 aromatic heterocycles. The third-order valence-corrected chi connectivity index (χ3v) is 3.49. The monoisotopic (exact) mass is 309 g/mol. The van der Waals surface area contributed by atoms with Crippen LogP contribution in [-0.4, -0.2) is 24.3 Å². The molecular formula is C14H19ClF3NO. The zero-order valence-corrected chi connectivity index (χ0v) is 12.2. The van der Waals surface area contributed by atoms with Crippen molar-refractivity contribution >= 4 is 11.6 Å². The van der Waals surface area contributed by atoms with Gasteiger partial charge in [-0.3, -0.25) is 0 Å². The Bertz CT molecular complexity index is 415. The Morgan fingerprint density at radius 2 is 1.75 bits per heavy atom. The number of hydrogen-bond acceptors (Lipinski definition) is 2. The lowest BCUT2D eigenvalue weighted by Gasteiger charge is -2.30. The molecule has 1 aromatic carbocycles. The minimum absolute atomic E-state index is 0.0914. The van der Waals surface area contributed by atoms with Crippen LogP contribution in [0.25, 0.3) is 0 Å². The van der Waals surface area contributed by atoms with Crippen molar-refractivity contribution < 1.29 is 18.3 Å². The summed E-state index contributed by atoms with van der Waals surface area (Å²) in [6, 6.07) is 4.54. The van der Waals surface area contributed by atoms with E-state index in [-0.39, 0.29) is 11.1 Å².